The molecule has 0 radical (unpaired) electrons. The second-order valence-electron chi connectivity index (χ2n) is 5.78. The predicted octanol–water partition coefficient (Wildman–Crippen LogP) is 2.71. The van der Waals surface area contributed by atoms with Crippen LogP contribution in [-0.2, 0) is 20.7 Å². The quantitative estimate of drug-likeness (QED) is 0.831. The van der Waals surface area contributed by atoms with Gasteiger partial charge in [-0.2, -0.15) is 0 Å². The molecule has 1 aliphatic rings. The topological polar surface area (TPSA) is 73.9 Å². The molecule has 0 saturated carbocycles. The normalized spacial score (nSPS) is 13.6. The van der Waals surface area contributed by atoms with Crippen molar-refractivity contribution in [1.29, 1.82) is 0 Å². The standard InChI is InChI=1S/C19H18FNO5/c1-12(19(23)21-15-5-3-14(20)4-6-15)26-18(22)11-13-2-7-16-17(10-13)25-9-8-24-16/h2-7,10,12H,8-9,11H2,1H3,(H,21,23)/t12-/m0/s1. The summed E-state index contributed by atoms with van der Waals surface area (Å²) in [5, 5.41) is 2.56. The molecule has 0 saturated heterocycles. The first-order chi connectivity index (χ1) is 12.5. The predicted molar refractivity (Wildman–Crippen MR) is 91.7 cm³/mol. The maximum absolute atomic E-state index is 12.9. The lowest BCUT2D eigenvalue weighted by Crippen LogP contribution is -2.30. The third-order valence-electron chi connectivity index (χ3n) is 3.74. The Labute approximate surface area is 149 Å². The fraction of sp³-hybridized carbons (Fsp3) is 0.263. The van der Waals surface area contributed by atoms with Gasteiger partial charge in [-0.1, -0.05) is 6.07 Å². The number of fused-ring (bicyclic) bond motifs is 1. The summed E-state index contributed by atoms with van der Waals surface area (Å²) in [4.78, 5) is 24.1. The number of halogens is 1. The molecule has 1 aliphatic heterocycles. The Balaban J connectivity index is 1.53. The van der Waals surface area contributed by atoms with Gasteiger partial charge in [-0.05, 0) is 48.9 Å². The smallest absolute Gasteiger partial charge is 0.311 e. The maximum atomic E-state index is 12.9. The highest BCUT2D eigenvalue weighted by atomic mass is 19.1. The number of anilines is 1. The molecule has 0 unspecified atom stereocenters. The van der Waals surface area contributed by atoms with Gasteiger partial charge in [0.15, 0.2) is 17.6 Å². The van der Waals surface area contributed by atoms with Crippen LogP contribution >= 0.6 is 0 Å². The van der Waals surface area contributed by atoms with Crippen molar-refractivity contribution in [3.05, 3.63) is 53.8 Å². The Morgan fingerprint density at radius 1 is 1.12 bits per heavy atom. The van der Waals surface area contributed by atoms with Gasteiger partial charge < -0.3 is 19.5 Å². The Morgan fingerprint density at radius 3 is 2.54 bits per heavy atom. The number of esters is 1. The molecule has 1 amide bonds. The van der Waals surface area contributed by atoms with Crippen molar-refractivity contribution < 1.29 is 28.2 Å². The second kappa shape index (κ2) is 7.86. The van der Waals surface area contributed by atoms with E-state index in [0.29, 0.717) is 36.0 Å². The van der Waals surface area contributed by atoms with Gasteiger partial charge in [0.05, 0.1) is 6.42 Å². The molecule has 7 heteroatoms. The Hall–Kier alpha value is -3.09. The molecule has 26 heavy (non-hydrogen) atoms. The number of hydrogen-bond donors (Lipinski definition) is 1. The second-order valence-corrected chi connectivity index (χ2v) is 5.78. The first-order valence-electron chi connectivity index (χ1n) is 8.16. The molecule has 2 aromatic carbocycles. The summed E-state index contributed by atoms with van der Waals surface area (Å²) in [5.74, 6) is -0.207. The summed E-state index contributed by atoms with van der Waals surface area (Å²) in [6.45, 7) is 2.43. The first-order valence-corrected chi connectivity index (χ1v) is 8.16. The van der Waals surface area contributed by atoms with Gasteiger partial charge in [-0.3, -0.25) is 9.59 Å². The molecular formula is C19H18FNO5. The molecule has 1 atom stereocenters. The van der Waals surface area contributed by atoms with Crippen LogP contribution in [-0.4, -0.2) is 31.2 Å². The summed E-state index contributed by atoms with van der Waals surface area (Å²) < 4.78 is 28.9. The zero-order valence-corrected chi connectivity index (χ0v) is 14.2. The lowest BCUT2D eigenvalue weighted by Gasteiger charge is -2.19. The molecule has 0 spiro atoms. The van der Waals surface area contributed by atoms with Gasteiger partial charge in [0.2, 0.25) is 0 Å². The van der Waals surface area contributed by atoms with Gasteiger partial charge in [-0.25, -0.2) is 4.39 Å². The van der Waals surface area contributed by atoms with Crippen molar-refractivity contribution in [2.24, 2.45) is 0 Å². The monoisotopic (exact) mass is 359 g/mol. The van der Waals surface area contributed by atoms with E-state index >= 15 is 0 Å². The average Bonchev–Trinajstić information content (AvgIpc) is 2.63. The third-order valence-corrected chi connectivity index (χ3v) is 3.74. The van der Waals surface area contributed by atoms with Gasteiger partial charge in [0.25, 0.3) is 5.91 Å². The lowest BCUT2D eigenvalue weighted by atomic mass is 10.1. The van der Waals surface area contributed by atoms with Crippen LogP contribution in [0.5, 0.6) is 11.5 Å². The molecular weight excluding hydrogens is 341 g/mol. The molecule has 1 heterocycles. The maximum Gasteiger partial charge on any atom is 0.311 e. The Bertz CT molecular complexity index is 806. The molecule has 0 bridgehead atoms. The van der Waals surface area contributed by atoms with E-state index in [1.165, 1.54) is 31.2 Å². The van der Waals surface area contributed by atoms with E-state index in [4.69, 9.17) is 14.2 Å². The van der Waals surface area contributed by atoms with E-state index in [1.807, 2.05) is 0 Å². The number of carbonyl (C=O) groups excluding carboxylic acids is 2. The molecule has 0 aliphatic carbocycles. The molecule has 2 aromatic rings. The summed E-state index contributed by atoms with van der Waals surface area (Å²) in [6.07, 6.45) is -0.977. The van der Waals surface area contributed by atoms with E-state index in [0.717, 1.165) is 0 Å². The highest BCUT2D eigenvalue weighted by Crippen LogP contribution is 2.30. The van der Waals surface area contributed by atoms with Crippen LogP contribution < -0.4 is 14.8 Å². The van der Waals surface area contributed by atoms with Crippen molar-refractivity contribution in [1.82, 2.24) is 0 Å². The average molecular weight is 359 g/mol. The number of benzene rings is 2. The van der Waals surface area contributed by atoms with E-state index in [1.54, 1.807) is 18.2 Å². The number of rotatable bonds is 5. The number of hydrogen-bond acceptors (Lipinski definition) is 5. The van der Waals surface area contributed by atoms with Gasteiger partial charge in [0.1, 0.15) is 19.0 Å². The molecule has 136 valence electrons. The highest BCUT2D eigenvalue weighted by Gasteiger charge is 2.19. The summed E-state index contributed by atoms with van der Waals surface area (Å²) in [7, 11) is 0. The zero-order valence-electron chi connectivity index (χ0n) is 14.2. The highest BCUT2D eigenvalue weighted by molar-refractivity contribution is 5.95. The van der Waals surface area contributed by atoms with Crippen LogP contribution in [0, 0.1) is 5.82 Å². The molecule has 6 nitrogen and oxygen atoms in total. The lowest BCUT2D eigenvalue weighted by molar-refractivity contribution is -0.152. The van der Waals surface area contributed by atoms with Crippen LogP contribution in [0.25, 0.3) is 0 Å². The van der Waals surface area contributed by atoms with Crippen LogP contribution in [0.2, 0.25) is 0 Å². The van der Waals surface area contributed by atoms with Crippen molar-refractivity contribution >= 4 is 17.6 Å². The SMILES string of the molecule is C[C@H](OC(=O)Cc1ccc2c(c1)OCCO2)C(=O)Nc1ccc(F)cc1. The molecule has 0 aromatic heterocycles. The largest absolute Gasteiger partial charge is 0.486 e. The van der Waals surface area contributed by atoms with Crippen LogP contribution in [0.3, 0.4) is 0 Å². The first kappa shape index (κ1) is 17.7. The summed E-state index contributed by atoms with van der Waals surface area (Å²) in [5.41, 5.74) is 1.12. The molecule has 3 rings (SSSR count). The minimum atomic E-state index is -0.982. The van der Waals surface area contributed by atoms with E-state index in [2.05, 4.69) is 5.32 Å². The van der Waals surface area contributed by atoms with Gasteiger partial charge in [-0.15, -0.1) is 0 Å². The zero-order chi connectivity index (χ0) is 18.5. The van der Waals surface area contributed by atoms with Crippen LogP contribution in [0.15, 0.2) is 42.5 Å². The minimum absolute atomic E-state index is 0.00477. The van der Waals surface area contributed by atoms with E-state index < -0.39 is 23.8 Å². The fourth-order valence-electron chi connectivity index (χ4n) is 2.43. The fourth-order valence-corrected chi connectivity index (χ4v) is 2.43. The van der Waals surface area contributed by atoms with Crippen molar-refractivity contribution in [2.45, 2.75) is 19.4 Å². The number of ether oxygens (including phenoxy) is 3. The molecule has 1 N–H and O–H groups in total. The molecule has 0 fully saturated rings. The van der Waals surface area contributed by atoms with Crippen molar-refractivity contribution in [3.63, 3.8) is 0 Å². The van der Waals surface area contributed by atoms with Crippen LogP contribution in [0.1, 0.15) is 12.5 Å². The number of nitrogens with one attached hydrogen (secondary N) is 1. The Morgan fingerprint density at radius 2 is 1.81 bits per heavy atom. The van der Waals surface area contributed by atoms with Gasteiger partial charge in [0, 0.05) is 5.69 Å². The minimum Gasteiger partial charge on any atom is -0.486 e. The van der Waals surface area contributed by atoms with E-state index in [9.17, 15) is 14.0 Å². The summed E-state index contributed by atoms with van der Waals surface area (Å²) >= 11 is 0. The van der Waals surface area contributed by atoms with Crippen LogP contribution in [0.4, 0.5) is 10.1 Å². The number of carbonyl (C=O) groups is 2. The summed E-state index contributed by atoms with van der Waals surface area (Å²) in [6, 6.07) is 10.5. The third kappa shape index (κ3) is 4.50. The van der Waals surface area contributed by atoms with Crippen molar-refractivity contribution in [3.8, 4) is 11.5 Å². The number of amides is 1. The van der Waals surface area contributed by atoms with Crippen molar-refractivity contribution in [2.75, 3.05) is 18.5 Å². The van der Waals surface area contributed by atoms with Gasteiger partial charge >= 0.3 is 5.97 Å². The van der Waals surface area contributed by atoms with E-state index in [-0.39, 0.29) is 6.42 Å². The Kier molecular flexibility index (Phi) is 5.36.